The van der Waals surface area contributed by atoms with E-state index in [0.717, 1.165) is 6.42 Å². The summed E-state index contributed by atoms with van der Waals surface area (Å²) in [7, 11) is 0. The van der Waals surface area contributed by atoms with Crippen LogP contribution < -0.4 is 0 Å². The van der Waals surface area contributed by atoms with Crippen LogP contribution >= 0.6 is 0 Å². The highest BCUT2D eigenvalue weighted by Gasteiger charge is 2.43. The minimum absolute atomic E-state index is 0.318. The fourth-order valence-electron chi connectivity index (χ4n) is 1.27. The lowest BCUT2D eigenvalue weighted by Crippen LogP contribution is -2.36. The van der Waals surface area contributed by atoms with E-state index in [9.17, 15) is 4.79 Å². The fraction of sp³-hybridized carbons (Fsp3) is 0.875. The highest BCUT2D eigenvalue weighted by molar-refractivity contribution is 5.62. The maximum atomic E-state index is 10.7. The summed E-state index contributed by atoms with van der Waals surface area (Å²) in [6, 6.07) is 0. The summed E-state index contributed by atoms with van der Waals surface area (Å²) in [5, 5.41) is 0. The highest BCUT2D eigenvalue weighted by atomic mass is 16.8. The van der Waals surface area contributed by atoms with E-state index in [2.05, 4.69) is 0 Å². The van der Waals surface area contributed by atoms with E-state index in [1.54, 1.807) is 0 Å². The van der Waals surface area contributed by atoms with E-state index in [0.29, 0.717) is 12.5 Å². The predicted octanol–water partition coefficient (Wildman–Crippen LogP) is 1.96. The average Bonchev–Trinajstić information content (AvgIpc) is 2.33. The van der Waals surface area contributed by atoms with Gasteiger partial charge in [0.1, 0.15) is 6.61 Å². The van der Waals surface area contributed by atoms with Crippen molar-refractivity contribution in [2.24, 2.45) is 5.92 Å². The third-order valence-corrected chi connectivity index (χ3v) is 2.37. The summed E-state index contributed by atoms with van der Waals surface area (Å²) in [5.41, 5.74) is -0.364. The van der Waals surface area contributed by atoms with Crippen LogP contribution in [0.15, 0.2) is 0 Å². The first-order chi connectivity index (χ1) is 5.10. The van der Waals surface area contributed by atoms with Gasteiger partial charge in [-0.1, -0.05) is 20.8 Å². The second kappa shape index (κ2) is 2.72. The number of ether oxygens (including phenoxy) is 2. The molecule has 1 saturated heterocycles. The van der Waals surface area contributed by atoms with E-state index >= 15 is 0 Å². The zero-order chi connectivity index (χ0) is 8.48. The van der Waals surface area contributed by atoms with Gasteiger partial charge in [-0.25, -0.2) is 4.79 Å². The van der Waals surface area contributed by atoms with Gasteiger partial charge in [0.05, 0.1) is 0 Å². The zero-order valence-electron chi connectivity index (χ0n) is 7.22. The lowest BCUT2D eigenvalue weighted by atomic mass is 9.89. The van der Waals surface area contributed by atoms with Crippen LogP contribution in [0, 0.1) is 5.92 Å². The Labute approximate surface area is 66.7 Å². The van der Waals surface area contributed by atoms with Gasteiger partial charge in [-0.3, -0.25) is 0 Å². The topological polar surface area (TPSA) is 35.5 Å². The van der Waals surface area contributed by atoms with Gasteiger partial charge in [0, 0.05) is 0 Å². The average molecular weight is 158 g/mol. The van der Waals surface area contributed by atoms with Crippen molar-refractivity contribution in [3.05, 3.63) is 0 Å². The molecular formula is C8H14O3. The van der Waals surface area contributed by atoms with Crippen molar-refractivity contribution >= 4 is 6.16 Å². The zero-order valence-corrected chi connectivity index (χ0v) is 7.22. The molecule has 1 aliphatic rings. The number of cyclic esters (lactones) is 2. The second-order valence-electron chi connectivity index (χ2n) is 3.21. The molecule has 3 nitrogen and oxygen atoms in total. The summed E-state index contributed by atoms with van der Waals surface area (Å²) in [5.74, 6) is 0.318. The maximum Gasteiger partial charge on any atom is 0.509 e. The van der Waals surface area contributed by atoms with Gasteiger partial charge in [0.2, 0.25) is 0 Å². The normalized spacial score (nSPS) is 30.4. The van der Waals surface area contributed by atoms with Crippen LogP contribution in [-0.2, 0) is 9.47 Å². The summed E-state index contributed by atoms with van der Waals surface area (Å²) >= 11 is 0. The first-order valence-electron chi connectivity index (χ1n) is 3.96. The largest absolute Gasteiger partial charge is 0.509 e. The molecule has 0 radical (unpaired) electrons. The summed E-state index contributed by atoms with van der Waals surface area (Å²) in [6.45, 7) is 6.47. The smallest absolute Gasteiger partial charge is 0.430 e. The third-order valence-electron chi connectivity index (χ3n) is 2.37. The van der Waals surface area contributed by atoms with Gasteiger partial charge < -0.3 is 9.47 Å². The molecule has 1 aliphatic heterocycles. The van der Waals surface area contributed by atoms with Crippen LogP contribution in [0.4, 0.5) is 4.79 Å². The fourth-order valence-corrected chi connectivity index (χ4v) is 1.27. The van der Waals surface area contributed by atoms with Crippen molar-refractivity contribution in [3.63, 3.8) is 0 Å². The van der Waals surface area contributed by atoms with Gasteiger partial charge in [-0.2, -0.15) is 0 Å². The molecule has 1 heterocycles. The molecule has 0 N–H and O–H groups in total. The Morgan fingerprint density at radius 3 is 2.45 bits per heavy atom. The first kappa shape index (κ1) is 8.37. The van der Waals surface area contributed by atoms with Gasteiger partial charge in [-0.05, 0) is 12.3 Å². The summed E-state index contributed by atoms with van der Waals surface area (Å²) in [6.07, 6.45) is 0.289. The monoisotopic (exact) mass is 158 g/mol. The second-order valence-corrected chi connectivity index (χ2v) is 3.21. The number of rotatable bonds is 2. The number of carbonyl (C=O) groups is 1. The standard InChI is InChI=1S/C8H14O3/c1-4-8(6(2)3)5-10-7(9)11-8/h6H,4-5H2,1-3H3. The van der Waals surface area contributed by atoms with Crippen LogP contribution in [0.3, 0.4) is 0 Å². The minimum atomic E-state index is -0.527. The van der Waals surface area contributed by atoms with Gasteiger partial charge >= 0.3 is 6.16 Å². The van der Waals surface area contributed by atoms with Crippen LogP contribution in [0.25, 0.3) is 0 Å². The SMILES string of the molecule is CCC1(C(C)C)COC(=O)O1. The first-order valence-corrected chi connectivity index (χ1v) is 3.96. The quantitative estimate of drug-likeness (QED) is 0.576. The summed E-state index contributed by atoms with van der Waals surface area (Å²) in [4.78, 5) is 10.7. The molecule has 0 aromatic carbocycles. The van der Waals surface area contributed by atoms with Crippen LogP contribution in [0.5, 0.6) is 0 Å². The molecule has 0 amide bonds. The molecule has 1 fully saturated rings. The molecule has 1 atom stereocenters. The Hall–Kier alpha value is -0.730. The molecule has 0 aliphatic carbocycles. The van der Waals surface area contributed by atoms with E-state index in [-0.39, 0.29) is 5.60 Å². The number of hydrogen-bond donors (Lipinski definition) is 0. The maximum absolute atomic E-state index is 10.7. The van der Waals surface area contributed by atoms with Gasteiger partial charge in [-0.15, -0.1) is 0 Å². The molecular weight excluding hydrogens is 144 g/mol. The number of carbonyl (C=O) groups excluding carboxylic acids is 1. The molecule has 3 heteroatoms. The van der Waals surface area contributed by atoms with E-state index in [1.807, 2.05) is 20.8 Å². The molecule has 11 heavy (non-hydrogen) atoms. The minimum Gasteiger partial charge on any atom is -0.430 e. The van der Waals surface area contributed by atoms with Crippen molar-refractivity contribution in [1.29, 1.82) is 0 Å². The predicted molar refractivity (Wildman–Crippen MR) is 40.3 cm³/mol. The highest BCUT2D eigenvalue weighted by Crippen LogP contribution is 2.31. The van der Waals surface area contributed by atoms with Crippen molar-refractivity contribution in [1.82, 2.24) is 0 Å². The van der Waals surface area contributed by atoms with Crippen molar-refractivity contribution in [2.45, 2.75) is 32.8 Å². The Morgan fingerprint density at radius 1 is 1.64 bits per heavy atom. The molecule has 0 aromatic rings. The van der Waals surface area contributed by atoms with Gasteiger partial charge in [0.15, 0.2) is 5.60 Å². The summed E-state index contributed by atoms with van der Waals surface area (Å²) < 4.78 is 9.86. The Kier molecular flexibility index (Phi) is 2.07. The van der Waals surface area contributed by atoms with E-state index in [4.69, 9.17) is 9.47 Å². The lowest BCUT2D eigenvalue weighted by Gasteiger charge is -2.27. The van der Waals surface area contributed by atoms with Crippen LogP contribution in [0.1, 0.15) is 27.2 Å². The van der Waals surface area contributed by atoms with Crippen molar-refractivity contribution < 1.29 is 14.3 Å². The Morgan fingerprint density at radius 2 is 2.27 bits per heavy atom. The van der Waals surface area contributed by atoms with E-state index in [1.165, 1.54) is 0 Å². The molecule has 0 saturated carbocycles. The van der Waals surface area contributed by atoms with Crippen LogP contribution in [0.2, 0.25) is 0 Å². The van der Waals surface area contributed by atoms with E-state index < -0.39 is 6.16 Å². The third kappa shape index (κ3) is 1.32. The molecule has 0 aromatic heterocycles. The van der Waals surface area contributed by atoms with Crippen LogP contribution in [-0.4, -0.2) is 18.4 Å². The Bertz CT molecular complexity index is 165. The van der Waals surface area contributed by atoms with Crippen molar-refractivity contribution in [3.8, 4) is 0 Å². The molecule has 1 unspecified atom stereocenters. The Balaban J connectivity index is 2.70. The molecule has 1 rings (SSSR count). The van der Waals surface area contributed by atoms with Crippen molar-refractivity contribution in [2.75, 3.05) is 6.61 Å². The lowest BCUT2D eigenvalue weighted by molar-refractivity contribution is 0.0150. The molecule has 64 valence electrons. The molecule has 0 spiro atoms. The van der Waals surface area contributed by atoms with Gasteiger partial charge in [0.25, 0.3) is 0 Å². The molecule has 0 bridgehead atoms. The number of hydrogen-bond acceptors (Lipinski definition) is 3.